The number of benzene rings is 1. The summed E-state index contributed by atoms with van der Waals surface area (Å²) in [5.41, 5.74) is 0.431. The number of aliphatic hydroxyl groups is 3. The highest BCUT2D eigenvalue weighted by Gasteiger charge is 2.16. The average Bonchev–Trinajstić information content (AvgIpc) is 1.85. The molecule has 0 amide bonds. The van der Waals surface area contributed by atoms with Crippen LogP contribution in [0, 0.1) is 0 Å². The number of nitrogens with one attached hydrogen (secondary N) is 1. The molecule has 0 radical (unpaired) electrons. The monoisotopic (exact) mass is 155 g/mol. The van der Waals surface area contributed by atoms with Gasteiger partial charge in [0, 0.05) is 5.69 Å². The molecular weight excluding hydrogens is 146 g/mol. The number of hydrogen-bond donors (Lipinski definition) is 4. The van der Waals surface area contributed by atoms with Crippen LogP contribution in [-0.4, -0.2) is 21.4 Å². The Morgan fingerprint density at radius 1 is 1.00 bits per heavy atom. The Morgan fingerprint density at radius 3 is 2.00 bits per heavy atom. The van der Waals surface area contributed by atoms with E-state index in [2.05, 4.69) is 0 Å². The van der Waals surface area contributed by atoms with Crippen molar-refractivity contribution < 1.29 is 15.3 Å². The van der Waals surface area contributed by atoms with Gasteiger partial charge in [0.05, 0.1) is 0 Å². The standard InChI is InChI=1S/C7H9NO3/c9-7(10,11)8-6-4-2-1-3-5-6/h1-5,8-11H. The molecule has 0 fully saturated rings. The van der Waals surface area contributed by atoms with Gasteiger partial charge in [-0.25, -0.2) is 0 Å². The summed E-state index contributed by atoms with van der Waals surface area (Å²) < 4.78 is 0. The van der Waals surface area contributed by atoms with E-state index >= 15 is 0 Å². The molecule has 1 rings (SSSR count). The second kappa shape index (κ2) is 2.87. The highest BCUT2D eigenvalue weighted by atomic mass is 16.7. The maximum Gasteiger partial charge on any atom is 0.367 e. The fraction of sp³-hybridized carbons (Fsp3) is 0.143. The van der Waals surface area contributed by atoms with Crippen molar-refractivity contribution in [2.24, 2.45) is 0 Å². The van der Waals surface area contributed by atoms with Crippen molar-refractivity contribution in [2.45, 2.75) is 6.10 Å². The van der Waals surface area contributed by atoms with Crippen LogP contribution in [0.1, 0.15) is 0 Å². The van der Waals surface area contributed by atoms with E-state index in [0.29, 0.717) is 5.69 Å². The third-order valence-corrected chi connectivity index (χ3v) is 1.09. The van der Waals surface area contributed by atoms with Crippen molar-refractivity contribution in [1.29, 1.82) is 0 Å². The highest BCUT2D eigenvalue weighted by molar-refractivity contribution is 5.42. The number of para-hydroxylation sites is 1. The minimum Gasteiger partial charge on any atom is -0.325 e. The molecule has 0 aliphatic carbocycles. The molecule has 0 unspecified atom stereocenters. The van der Waals surface area contributed by atoms with Gasteiger partial charge in [0.25, 0.3) is 0 Å². The molecule has 60 valence electrons. The smallest absolute Gasteiger partial charge is 0.325 e. The number of rotatable bonds is 2. The van der Waals surface area contributed by atoms with E-state index in [0.717, 1.165) is 0 Å². The van der Waals surface area contributed by atoms with Crippen molar-refractivity contribution in [3.05, 3.63) is 30.3 Å². The summed E-state index contributed by atoms with van der Waals surface area (Å²) in [5.74, 6) is 0. The summed E-state index contributed by atoms with van der Waals surface area (Å²) in [7, 11) is 0. The maximum absolute atomic E-state index is 8.47. The normalized spacial score (nSPS) is 11.2. The van der Waals surface area contributed by atoms with Gasteiger partial charge in [-0.1, -0.05) is 18.2 Å². The van der Waals surface area contributed by atoms with Crippen LogP contribution < -0.4 is 5.32 Å². The van der Waals surface area contributed by atoms with E-state index in [-0.39, 0.29) is 0 Å². The van der Waals surface area contributed by atoms with Crippen LogP contribution in [0.25, 0.3) is 0 Å². The first-order chi connectivity index (χ1) is 5.08. The summed E-state index contributed by atoms with van der Waals surface area (Å²) in [6, 6.07) is 8.37. The molecular formula is C7H9NO3. The van der Waals surface area contributed by atoms with Crippen LogP contribution >= 0.6 is 0 Å². The van der Waals surface area contributed by atoms with Gasteiger partial charge in [0.2, 0.25) is 0 Å². The molecule has 0 saturated heterocycles. The molecule has 0 atom stereocenters. The second-order valence-corrected chi connectivity index (χ2v) is 2.13. The third kappa shape index (κ3) is 2.99. The van der Waals surface area contributed by atoms with Crippen molar-refractivity contribution in [1.82, 2.24) is 0 Å². The van der Waals surface area contributed by atoms with Gasteiger partial charge in [0.1, 0.15) is 0 Å². The molecule has 4 heteroatoms. The molecule has 0 spiro atoms. The van der Waals surface area contributed by atoms with Gasteiger partial charge in [0.15, 0.2) is 0 Å². The Hall–Kier alpha value is -1.10. The van der Waals surface area contributed by atoms with Crippen LogP contribution in [-0.2, 0) is 0 Å². The Morgan fingerprint density at radius 2 is 1.55 bits per heavy atom. The van der Waals surface area contributed by atoms with E-state index in [1.807, 2.05) is 5.32 Å². The minimum atomic E-state index is -2.85. The van der Waals surface area contributed by atoms with Gasteiger partial charge in [-0.15, -0.1) is 0 Å². The Kier molecular flexibility index (Phi) is 2.09. The molecule has 0 aliphatic heterocycles. The van der Waals surface area contributed by atoms with Crippen molar-refractivity contribution in [3.8, 4) is 0 Å². The highest BCUT2D eigenvalue weighted by Crippen LogP contribution is 2.08. The lowest BCUT2D eigenvalue weighted by molar-refractivity contribution is -0.289. The Labute approximate surface area is 63.7 Å². The summed E-state index contributed by atoms with van der Waals surface area (Å²) in [6.45, 7) is 0. The minimum absolute atomic E-state index is 0.431. The van der Waals surface area contributed by atoms with Gasteiger partial charge in [-0.2, -0.15) is 0 Å². The molecule has 0 bridgehead atoms. The number of anilines is 1. The van der Waals surface area contributed by atoms with Gasteiger partial charge in [-0.05, 0) is 12.1 Å². The van der Waals surface area contributed by atoms with E-state index < -0.39 is 6.10 Å². The summed E-state index contributed by atoms with van der Waals surface area (Å²) in [4.78, 5) is 0. The number of hydrogen-bond acceptors (Lipinski definition) is 4. The van der Waals surface area contributed by atoms with Crippen molar-refractivity contribution in [2.75, 3.05) is 5.32 Å². The molecule has 4 N–H and O–H groups in total. The predicted octanol–water partition coefficient (Wildman–Crippen LogP) is -0.313. The van der Waals surface area contributed by atoms with Crippen LogP contribution in [0.4, 0.5) is 5.69 Å². The topological polar surface area (TPSA) is 72.7 Å². The predicted molar refractivity (Wildman–Crippen MR) is 39.5 cm³/mol. The quantitative estimate of drug-likeness (QED) is 0.442. The first-order valence-electron chi connectivity index (χ1n) is 3.08. The average molecular weight is 155 g/mol. The molecule has 1 aromatic carbocycles. The molecule has 1 aromatic rings. The summed E-state index contributed by atoms with van der Waals surface area (Å²) >= 11 is 0. The lowest BCUT2D eigenvalue weighted by atomic mass is 10.3. The fourth-order valence-corrected chi connectivity index (χ4v) is 0.715. The summed E-state index contributed by atoms with van der Waals surface area (Å²) in [6.07, 6.45) is -2.85. The zero-order valence-corrected chi connectivity index (χ0v) is 5.73. The van der Waals surface area contributed by atoms with Crippen LogP contribution in [0.2, 0.25) is 0 Å². The zero-order valence-electron chi connectivity index (χ0n) is 5.73. The molecule has 0 heterocycles. The second-order valence-electron chi connectivity index (χ2n) is 2.13. The summed E-state index contributed by atoms with van der Waals surface area (Å²) in [5, 5.41) is 27.5. The Bertz CT molecular complexity index is 217. The van der Waals surface area contributed by atoms with Gasteiger partial charge in [-0.3, -0.25) is 0 Å². The lowest BCUT2D eigenvalue weighted by Gasteiger charge is -2.16. The van der Waals surface area contributed by atoms with Crippen LogP contribution in [0.3, 0.4) is 0 Å². The molecule has 4 nitrogen and oxygen atoms in total. The molecule has 0 aliphatic rings. The van der Waals surface area contributed by atoms with Gasteiger partial charge < -0.3 is 20.6 Å². The fourth-order valence-electron chi connectivity index (χ4n) is 0.715. The molecule has 0 aromatic heterocycles. The molecule has 0 saturated carbocycles. The lowest BCUT2D eigenvalue weighted by Crippen LogP contribution is -2.36. The van der Waals surface area contributed by atoms with Crippen molar-refractivity contribution >= 4 is 5.69 Å². The molecule has 11 heavy (non-hydrogen) atoms. The van der Waals surface area contributed by atoms with E-state index in [1.54, 1.807) is 30.3 Å². The SMILES string of the molecule is OC(O)(O)Nc1ccccc1. The van der Waals surface area contributed by atoms with Crippen LogP contribution in [0.15, 0.2) is 30.3 Å². The van der Waals surface area contributed by atoms with E-state index in [4.69, 9.17) is 15.3 Å². The maximum atomic E-state index is 8.47. The van der Waals surface area contributed by atoms with E-state index in [9.17, 15) is 0 Å². The van der Waals surface area contributed by atoms with Crippen molar-refractivity contribution in [3.63, 3.8) is 0 Å². The van der Waals surface area contributed by atoms with Crippen LogP contribution in [0.5, 0.6) is 0 Å². The largest absolute Gasteiger partial charge is 0.367 e. The van der Waals surface area contributed by atoms with Gasteiger partial charge >= 0.3 is 6.10 Å². The van der Waals surface area contributed by atoms with E-state index in [1.165, 1.54) is 0 Å². The Balaban J connectivity index is 2.66. The first-order valence-corrected chi connectivity index (χ1v) is 3.08. The zero-order chi connectivity index (χ0) is 8.32. The first kappa shape index (κ1) is 8.00. The third-order valence-electron chi connectivity index (χ3n) is 1.09.